The summed E-state index contributed by atoms with van der Waals surface area (Å²) in [6.07, 6.45) is 2.54. The van der Waals surface area contributed by atoms with E-state index >= 15 is 0 Å². The maximum Gasteiger partial charge on any atom is 0.341 e. The lowest BCUT2D eigenvalue weighted by molar-refractivity contribution is 0.0484. The molecule has 2 aromatic carbocycles. The molecule has 0 aromatic heterocycles. The molecular formula is C24H31N3O6S. The Hall–Kier alpha value is -2.82. The number of nitrogens with zero attached hydrogens (tertiary/aromatic N) is 1. The van der Waals surface area contributed by atoms with Gasteiger partial charge in [-0.25, -0.2) is 13.2 Å². The van der Waals surface area contributed by atoms with Crippen molar-refractivity contribution in [2.24, 2.45) is 0 Å². The molecule has 2 aromatic rings. The maximum absolute atomic E-state index is 13.3. The van der Waals surface area contributed by atoms with Crippen LogP contribution in [0.5, 0.6) is 5.75 Å². The van der Waals surface area contributed by atoms with Crippen LogP contribution in [0.3, 0.4) is 0 Å². The molecule has 0 saturated carbocycles. The molecule has 0 unspecified atom stereocenters. The summed E-state index contributed by atoms with van der Waals surface area (Å²) in [7, 11) is -0.0407. The number of hydrogen-bond acceptors (Lipinski definition) is 7. The van der Waals surface area contributed by atoms with Gasteiger partial charge in [0, 0.05) is 24.6 Å². The van der Waals surface area contributed by atoms with Gasteiger partial charge in [0.1, 0.15) is 22.8 Å². The van der Waals surface area contributed by atoms with E-state index in [0.717, 1.165) is 31.4 Å². The second kappa shape index (κ2) is 10.2. The van der Waals surface area contributed by atoms with Crippen LogP contribution in [0.2, 0.25) is 0 Å². The minimum Gasteiger partial charge on any atom is -0.490 e. The SMILES string of the molecule is CN(C)CCCCNc1ccccc1S(=O)(=O)Nc1ccc2c(c1C(=O)O)OC[C@H]1OCC[C@@H]21. The summed E-state index contributed by atoms with van der Waals surface area (Å²) in [4.78, 5) is 14.3. The van der Waals surface area contributed by atoms with E-state index in [-0.39, 0.29) is 40.5 Å². The normalized spacial score (nSPS) is 19.3. The van der Waals surface area contributed by atoms with Crippen LogP contribution in [0, 0.1) is 0 Å². The molecule has 0 radical (unpaired) electrons. The van der Waals surface area contributed by atoms with Gasteiger partial charge >= 0.3 is 5.97 Å². The van der Waals surface area contributed by atoms with E-state index in [4.69, 9.17) is 9.47 Å². The highest BCUT2D eigenvalue weighted by molar-refractivity contribution is 7.92. The van der Waals surface area contributed by atoms with Crippen molar-refractivity contribution in [1.82, 2.24) is 4.90 Å². The lowest BCUT2D eigenvalue weighted by atomic mass is 9.88. The lowest BCUT2D eigenvalue weighted by Gasteiger charge is -2.29. The molecule has 2 aliphatic heterocycles. The van der Waals surface area contributed by atoms with Gasteiger partial charge in [0.05, 0.1) is 17.5 Å². The highest BCUT2D eigenvalue weighted by Gasteiger charge is 2.38. The summed E-state index contributed by atoms with van der Waals surface area (Å²) in [6.45, 7) is 2.41. The molecule has 9 nitrogen and oxygen atoms in total. The first-order valence-electron chi connectivity index (χ1n) is 11.4. The van der Waals surface area contributed by atoms with Crippen LogP contribution in [0.25, 0.3) is 0 Å². The fourth-order valence-corrected chi connectivity index (χ4v) is 5.76. The number of rotatable bonds is 10. The molecular weight excluding hydrogens is 458 g/mol. The number of nitrogens with one attached hydrogen (secondary N) is 2. The van der Waals surface area contributed by atoms with E-state index < -0.39 is 16.0 Å². The molecule has 3 N–H and O–H groups in total. The van der Waals surface area contributed by atoms with E-state index in [1.807, 2.05) is 14.1 Å². The number of fused-ring (bicyclic) bond motifs is 3. The third-order valence-electron chi connectivity index (χ3n) is 6.17. The molecule has 0 spiro atoms. The van der Waals surface area contributed by atoms with Gasteiger partial charge in [-0.2, -0.15) is 0 Å². The minimum absolute atomic E-state index is 0.0237. The Bertz CT molecular complexity index is 1150. The summed E-state index contributed by atoms with van der Waals surface area (Å²) < 4.78 is 40.5. The Balaban J connectivity index is 1.58. The molecule has 0 amide bonds. The Kier molecular flexibility index (Phi) is 7.30. The predicted molar refractivity (Wildman–Crippen MR) is 130 cm³/mol. The first-order chi connectivity index (χ1) is 16.3. The van der Waals surface area contributed by atoms with Gasteiger partial charge in [0.15, 0.2) is 0 Å². The van der Waals surface area contributed by atoms with E-state index in [1.165, 1.54) is 12.1 Å². The first kappa shape index (κ1) is 24.3. The topological polar surface area (TPSA) is 117 Å². The number of hydrogen-bond donors (Lipinski definition) is 3. The molecule has 0 bridgehead atoms. The van der Waals surface area contributed by atoms with Gasteiger partial charge in [-0.05, 0) is 58.1 Å². The fraction of sp³-hybridized carbons (Fsp3) is 0.458. The van der Waals surface area contributed by atoms with Crippen LogP contribution in [0.1, 0.15) is 41.1 Å². The molecule has 1 saturated heterocycles. The van der Waals surface area contributed by atoms with Gasteiger partial charge in [0.2, 0.25) is 0 Å². The standard InChI is InChI=1S/C24H31N3O6S/c1-27(2)13-6-5-12-25-18-7-3-4-8-21(18)34(30,31)26-19-10-9-17-16-11-14-32-20(16)15-33-23(17)22(19)24(28)29/h3-4,7-10,16,20,25-26H,5-6,11-15H2,1-2H3,(H,28,29)/t16-,20+/m0/s1. The summed E-state index contributed by atoms with van der Waals surface area (Å²) in [5, 5.41) is 13.1. The monoisotopic (exact) mass is 489 g/mol. The summed E-state index contributed by atoms with van der Waals surface area (Å²) in [6, 6.07) is 9.84. The van der Waals surface area contributed by atoms with Gasteiger partial charge in [-0.3, -0.25) is 4.72 Å². The zero-order chi connectivity index (χ0) is 24.3. The van der Waals surface area contributed by atoms with Crippen molar-refractivity contribution in [3.05, 3.63) is 47.5 Å². The van der Waals surface area contributed by atoms with Crippen molar-refractivity contribution in [1.29, 1.82) is 0 Å². The number of sulfonamides is 1. The third-order valence-corrected chi connectivity index (χ3v) is 7.60. The average molecular weight is 490 g/mol. The quantitative estimate of drug-likeness (QED) is 0.436. The summed E-state index contributed by atoms with van der Waals surface area (Å²) in [5.74, 6) is -0.990. The van der Waals surface area contributed by atoms with Crippen molar-refractivity contribution >= 4 is 27.4 Å². The molecule has 2 heterocycles. The number of carboxylic acid groups (broad SMARTS) is 1. The van der Waals surface area contributed by atoms with Crippen molar-refractivity contribution < 1.29 is 27.8 Å². The molecule has 1 fully saturated rings. The van der Waals surface area contributed by atoms with Gasteiger partial charge in [0.25, 0.3) is 10.0 Å². The highest BCUT2D eigenvalue weighted by Crippen LogP contribution is 2.44. The second-order valence-corrected chi connectivity index (χ2v) is 10.5. The van der Waals surface area contributed by atoms with Gasteiger partial charge in [-0.15, -0.1) is 0 Å². The zero-order valence-corrected chi connectivity index (χ0v) is 20.2. The van der Waals surface area contributed by atoms with Crippen LogP contribution >= 0.6 is 0 Å². The highest BCUT2D eigenvalue weighted by atomic mass is 32.2. The molecule has 2 aliphatic rings. The average Bonchev–Trinajstić information content (AvgIpc) is 3.27. The number of ether oxygens (including phenoxy) is 2. The lowest BCUT2D eigenvalue weighted by Crippen LogP contribution is -2.29. The van der Waals surface area contributed by atoms with Crippen LogP contribution in [0.15, 0.2) is 41.3 Å². The van der Waals surface area contributed by atoms with E-state index in [2.05, 4.69) is 14.9 Å². The van der Waals surface area contributed by atoms with Crippen LogP contribution in [-0.4, -0.2) is 70.9 Å². The minimum atomic E-state index is -4.06. The smallest absolute Gasteiger partial charge is 0.341 e. The molecule has 4 rings (SSSR count). The van der Waals surface area contributed by atoms with E-state index in [9.17, 15) is 18.3 Å². The molecule has 34 heavy (non-hydrogen) atoms. The third kappa shape index (κ3) is 5.13. The fourth-order valence-electron chi connectivity index (χ4n) is 4.50. The number of carboxylic acids is 1. The van der Waals surface area contributed by atoms with E-state index in [0.29, 0.717) is 18.8 Å². The molecule has 2 atom stereocenters. The second-order valence-electron chi connectivity index (χ2n) is 8.87. The van der Waals surface area contributed by atoms with Gasteiger partial charge in [-0.1, -0.05) is 18.2 Å². The Labute approximate surface area is 200 Å². The summed E-state index contributed by atoms with van der Waals surface area (Å²) >= 11 is 0. The number of aromatic carboxylic acids is 1. The number of para-hydroxylation sites is 1. The Morgan fingerprint density at radius 2 is 1.94 bits per heavy atom. The van der Waals surface area contributed by atoms with Crippen LogP contribution in [0.4, 0.5) is 11.4 Å². The summed E-state index contributed by atoms with van der Waals surface area (Å²) in [5.41, 5.74) is 1.01. The first-order valence-corrected chi connectivity index (χ1v) is 12.9. The van der Waals surface area contributed by atoms with Crippen LogP contribution in [-0.2, 0) is 14.8 Å². The molecule has 184 valence electrons. The van der Waals surface area contributed by atoms with Crippen molar-refractivity contribution in [2.75, 3.05) is 50.4 Å². The van der Waals surface area contributed by atoms with Crippen LogP contribution < -0.4 is 14.8 Å². The van der Waals surface area contributed by atoms with Gasteiger partial charge < -0.3 is 24.8 Å². The maximum atomic E-state index is 13.3. The number of anilines is 2. The number of benzene rings is 2. The Morgan fingerprint density at radius 3 is 2.71 bits per heavy atom. The Morgan fingerprint density at radius 1 is 1.15 bits per heavy atom. The van der Waals surface area contributed by atoms with Crippen molar-refractivity contribution in [2.45, 2.75) is 36.2 Å². The molecule has 10 heteroatoms. The van der Waals surface area contributed by atoms with E-state index in [1.54, 1.807) is 24.3 Å². The number of unbranched alkanes of at least 4 members (excludes halogenated alkanes) is 1. The molecule has 0 aliphatic carbocycles. The number of carbonyl (C=O) groups is 1. The van der Waals surface area contributed by atoms with Crippen molar-refractivity contribution in [3.63, 3.8) is 0 Å². The van der Waals surface area contributed by atoms with Crippen molar-refractivity contribution in [3.8, 4) is 5.75 Å². The largest absolute Gasteiger partial charge is 0.490 e. The zero-order valence-electron chi connectivity index (χ0n) is 19.4. The predicted octanol–water partition coefficient (Wildman–Crippen LogP) is 3.20.